The molecule has 0 heterocycles. The van der Waals surface area contributed by atoms with Gasteiger partial charge in [-0.1, -0.05) is 40.1 Å². The van der Waals surface area contributed by atoms with Crippen LogP contribution in [0.4, 0.5) is 0 Å². The van der Waals surface area contributed by atoms with E-state index in [0.29, 0.717) is 6.54 Å². The van der Waals surface area contributed by atoms with Crippen LogP contribution in [0.15, 0.2) is 33.9 Å². The quantitative estimate of drug-likeness (QED) is 0.336. The Morgan fingerprint density at radius 1 is 1.62 bits per heavy atom. The Balaban J connectivity index is 2.56. The van der Waals surface area contributed by atoms with E-state index in [1.54, 1.807) is 0 Å². The fourth-order valence-corrected chi connectivity index (χ4v) is 1.86. The minimum absolute atomic E-state index is 0.0935. The van der Waals surface area contributed by atoms with Gasteiger partial charge in [0.25, 0.3) is 0 Å². The highest BCUT2D eigenvalue weighted by atomic mass is 79.9. The molecule has 1 atom stereocenters. The fraction of sp³-hybridized carbons (Fsp3) is 0.364. The first-order valence-electron chi connectivity index (χ1n) is 5.12. The Labute approximate surface area is 104 Å². The molecule has 0 fully saturated rings. The molecule has 1 unspecified atom stereocenters. The van der Waals surface area contributed by atoms with E-state index < -0.39 is 0 Å². The van der Waals surface area contributed by atoms with Crippen molar-refractivity contribution in [3.63, 3.8) is 0 Å². The summed E-state index contributed by atoms with van der Waals surface area (Å²) >= 11 is 3.41. The van der Waals surface area contributed by atoms with Crippen molar-refractivity contribution in [2.45, 2.75) is 25.9 Å². The van der Waals surface area contributed by atoms with Gasteiger partial charge >= 0.3 is 0 Å². The van der Waals surface area contributed by atoms with Crippen molar-refractivity contribution >= 4 is 21.8 Å². The summed E-state index contributed by atoms with van der Waals surface area (Å²) in [7, 11) is 0. The van der Waals surface area contributed by atoms with Gasteiger partial charge in [0.05, 0.1) is 6.04 Å². The third-order valence-electron chi connectivity index (χ3n) is 2.32. The van der Waals surface area contributed by atoms with Gasteiger partial charge in [0.2, 0.25) is 0 Å². The topological polar surface area (TPSA) is 70.6 Å². The second-order valence-electron chi connectivity index (χ2n) is 3.50. The van der Waals surface area contributed by atoms with E-state index >= 15 is 0 Å². The Morgan fingerprint density at radius 3 is 2.94 bits per heavy atom. The number of hydrogen-bond acceptors (Lipinski definition) is 3. The summed E-state index contributed by atoms with van der Waals surface area (Å²) in [4.78, 5) is 0. The van der Waals surface area contributed by atoms with Crippen molar-refractivity contribution in [3.8, 4) is 0 Å². The maximum Gasteiger partial charge on any atom is 0.156 e. The van der Waals surface area contributed by atoms with Crippen molar-refractivity contribution in [1.29, 1.82) is 0 Å². The SMILES string of the molecule is CCC(NCc1cccc(Br)c1)C(N)=NO. The van der Waals surface area contributed by atoms with Gasteiger partial charge in [0.15, 0.2) is 5.84 Å². The average molecular weight is 286 g/mol. The standard InChI is InChI=1S/C11H16BrN3O/c1-2-10(11(13)15-16)14-7-8-4-3-5-9(12)6-8/h3-6,10,14,16H,2,7H2,1H3,(H2,13,15). The molecule has 88 valence electrons. The molecule has 0 amide bonds. The van der Waals surface area contributed by atoms with Crippen LogP contribution in [-0.4, -0.2) is 17.1 Å². The van der Waals surface area contributed by atoms with Gasteiger partial charge in [-0.2, -0.15) is 0 Å². The molecular weight excluding hydrogens is 270 g/mol. The Bertz CT molecular complexity index is 368. The maximum atomic E-state index is 8.59. The van der Waals surface area contributed by atoms with Gasteiger partial charge in [-0.05, 0) is 24.1 Å². The molecule has 0 aliphatic rings. The summed E-state index contributed by atoms with van der Waals surface area (Å²) in [5, 5.41) is 14.8. The summed E-state index contributed by atoms with van der Waals surface area (Å²) in [6.45, 7) is 2.67. The van der Waals surface area contributed by atoms with Gasteiger partial charge < -0.3 is 16.3 Å². The maximum absolute atomic E-state index is 8.59. The predicted octanol–water partition coefficient (Wildman–Crippen LogP) is 2.06. The van der Waals surface area contributed by atoms with Gasteiger partial charge in [-0.3, -0.25) is 0 Å². The van der Waals surface area contributed by atoms with E-state index in [1.807, 2.05) is 31.2 Å². The lowest BCUT2D eigenvalue weighted by molar-refractivity contribution is 0.314. The second kappa shape index (κ2) is 6.50. The van der Waals surface area contributed by atoms with Crippen LogP contribution in [0.1, 0.15) is 18.9 Å². The molecule has 0 bridgehead atoms. The van der Waals surface area contributed by atoms with Crippen LogP contribution in [0.25, 0.3) is 0 Å². The zero-order valence-corrected chi connectivity index (χ0v) is 10.7. The Morgan fingerprint density at radius 2 is 2.38 bits per heavy atom. The molecule has 0 aliphatic carbocycles. The van der Waals surface area contributed by atoms with Crippen LogP contribution in [0.3, 0.4) is 0 Å². The van der Waals surface area contributed by atoms with Crippen molar-refractivity contribution in [3.05, 3.63) is 34.3 Å². The molecule has 1 aromatic rings. The molecule has 0 saturated carbocycles. The minimum Gasteiger partial charge on any atom is -0.409 e. The van der Waals surface area contributed by atoms with E-state index in [0.717, 1.165) is 16.5 Å². The lowest BCUT2D eigenvalue weighted by Crippen LogP contribution is -2.40. The van der Waals surface area contributed by atoms with Crippen LogP contribution < -0.4 is 11.1 Å². The zero-order chi connectivity index (χ0) is 12.0. The van der Waals surface area contributed by atoms with Crippen LogP contribution in [0.5, 0.6) is 0 Å². The van der Waals surface area contributed by atoms with Crippen LogP contribution in [0.2, 0.25) is 0 Å². The molecule has 0 aromatic heterocycles. The van der Waals surface area contributed by atoms with Gasteiger partial charge in [0, 0.05) is 11.0 Å². The summed E-state index contributed by atoms with van der Waals surface area (Å²) < 4.78 is 1.05. The molecule has 5 heteroatoms. The zero-order valence-electron chi connectivity index (χ0n) is 9.15. The molecule has 4 nitrogen and oxygen atoms in total. The number of hydrogen-bond donors (Lipinski definition) is 3. The molecular formula is C11H16BrN3O. The fourth-order valence-electron chi connectivity index (χ4n) is 1.42. The Kier molecular flexibility index (Phi) is 5.28. The molecule has 0 aliphatic heterocycles. The van der Waals surface area contributed by atoms with Gasteiger partial charge in [-0.25, -0.2) is 0 Å². The molecule has 0 radical (unpaired) electrons. The molecule has 16 heavy (non-hydrogen) atoms. The Hall–Kier alpha value is -1.07. The smallest absolute Gasteiger partial charge is 0.156 e. The number of nitrogens with two attached hydrogens (primary N) is 1. The number of oxime groups is 1. The molecule has 0 saturated heterocycles. The lowest BCUT2D eigenvalue weighted by Gasteiger charge is -2.15. The van der Waals surface area contributed by atoms with E-state index in [1.165, 1.54) is 0 Å². The van der Waals surface area contributed by atoms with Crippen LogP contribution in [-0.2, 0) is 6.54 Å². The van der Waals surface area contributed by atoms with Crippen LogP contribution >= 0.6 is 15.9 Å². The lowest BCUT2D eigenvalue weighted by atomic mass is 10.1. The third-order valence-corrected chi connectivity index (χ3v) is 2.82. The van der Waals surface area contributed by atoms with Gasteiger partial charge in [-0.15, -0.1) is 0 Å². The third kappa shape index (κ3) is 3.83. The first-order chi connectivity index (χ1) is 7.67. The van der Waals surface area contributed by atoms with E-state index in [2.05, 4.69) is 26.4 Å². The van der Waals surface area contributed by atoms with Crippen molar-refractivity contribution in [1.82, 2.24) is 5.32 Å². The number of benzene rings is 1. The summed E-state index contributed by atoms with van der Waals surface area (Å²) in [6, 6.07) is 7.92. The number of amidine groups is 1. The largest absolute Gasteiger partial charge is 0.409 e. The second-order valence-corrected chi connectivity index (χ2v) is 4.41. The number of rotatable bonds is 5. The number of halogens is 1. The number of nitrogens with zero attached hydrogens (tertiary/aromatic N) is 1. The summed E-state index contributed by atoms with van der Waals surface area (Å²) in [5.74, 6) is 0.220. The molecule has 0 spiro atoms. The predicted molar refractivity (Wildman–Crippen MR) is 68.5 cm³/mol. The average Bonchev–Trinajstić information content (AvgIpc) is 2.29. The highest BCUT2D eigenvalue weighted by molar-refractivity contribution is 9.10. The van der Waals surface area contributed by atoms with E-state index in [-0.39, 0.29) is 11.9 Å². The normalized spacial score (nSPS) is 13.8. The molecule has 1 aromatic carbocycles. The summed E-state index contributed by atoms with van der Waals surface area (Å²) in [6.07, 6.45) is 0.782. The first kappa shape index (κ1) is 13.0. The molecule has 1 rings (SSSR count). The van der Waals surface area contributed by atoms with E-state index in [9.17, 15) is 0 Å². The number of nitrogens with one attached hydrogen (secondary N) is 1. The van der Waals surface area contributed by atoms with Crippen LogP contribution in [0, 0.1) is 0 Å². The van der Waals surface area contributed by atoms with Gasteiger partial charge in [0.1, 0.15) is 0 Å². The van der Waals surface area contributed by atoms with E-state index in [4.69, 9.17) is 10.9 Å². The first-order valence-corrected chi connectivity index (χ1v) is 5.92. The monoisotopic (exact) mass is 285 g/mol. The highest BCUT2D eigenvalue weighted by Crippen LogP contribution is 2.11. The minimum atomic E-state index is -0.0935. The van der Waals surface area contributed by atoms with Crippen molar-refractivity contribution in [2.24, 2.45) is 10.9 Å². The van der Waals surface area contributed by atoms with Crippen molar-refractivity contribution in [2.75, 3.05) is 0 Å². The van der Waals surface area contributed by atoms with Crippen molar-refractivity contribution < 1.29 is 5.21 Å². The summed E-state index contributed by atoms with van der Waals surface area (Å²) in [5.41, 5.74) is 6.70. The molecule has 4 N–H and O–H groups in total. The highest BCUT2D eigenvalue weighted by Gasteiger charge is 2.10.